The van der Waals surface area contributed by atoms with Crippen LogP contribution >= 0.6 is 23.4 Å². The molecule has 9 heteroatoms. The molecule has 2 saturated heterocycles. The number of hydrogen-bond donors (Lipinski definition) is 1. The summed E-state index contributed by atoms with van der Waals surface area (Å²) >= 11 is 7.68. The fourth-order valence-electron chi connectivity index (χ4n) is 7.13. The molecule has 0 aliphatic carbocycles. The van der Waals surface area contributed by atoms with E-state index in [9.17, 15) is 19.5 Å². The van der Waals surface area contributed by atoms with Crippen LogP contribution in [0.3, 0.4) is 0 Å². The maximum absolute atomic E-state index is 14.8. The van der Waals surface area contributed by atoms with Crippen molar-refractivity contribution in [3.8, 4) is 0 Å². The van der Waals surface area contributed by atoms with Gasteiger partial charge in [0.25, 0.3) is 5.91 Å². The third-order valence-corrected chi connectivity index (χ3v) is 11.0. The number of halogens is 1. The lowest BCUT2D eigenvalue weighted by Crippen LogP contribution is -2.54. The molecular formula is C34H30ClN3O4S. The zero-order valence-electron chi connectivity index (χ0n) is 23.2. The average Bonchev–Trinajstić information content (AvgIpc) is 3.34. The first-order valence-electron chi connectivity index (χ1n) is 14.4. The van der Waals surface area contributed by atoms with Crippen LogP contribution in [-0.2, 0) is 14.4 Å². The number of thioether (sulfide) groups is 1. The molecule has 3 aromatic carbocycles. The number of hydrogen-bond acceptors (Lipinski definition) is 5. The Labute approximate surface area is 259 Å². The van der Waals surface area contributed by atoms with E-state index >= 15 is 0 Å². The van der Waals surface area contributed by atoms with Crippen molar-refractivity contribution >= 4 is 52.5 Å². The van der Waals surface area contributed by atoms with E-state index in [2.05, 4.69) is 0 Å². The molecule has 0 radical (unpaired) electrons. The summed E-state index contributed by atoms with van der Waals surface area (Å²) < 4.78 is -1.01. The molecule has 1 unspecified atom stereocenters. The molecule has 4 heterocycles. The number of carbonyl (C=O) groups excluding carboxylic acids is 3. The molecule has 4 aliphatic heterocycles. The van der Waals surface area contributed by atoms with Gasteiger partial charge in [0.2, 0.25) is 11.8 Å². The van der Waals surface area contributed by atoms with Crippen LogP contribution in [0.25, 0.3) is 0 Å². The SMILES string of the molecule is O=C1C2N([C@H](CO)c3ccccc3)C(=O)[C@@H]3[C@@H]4C(=O)N(c5ccccc5)CC=C[C@@H]4S[C@]23C=CCN1c1ccc(Cl)cc1. The summed E-state index contributed by atoms with van der Waals surface area (Å²) in [5, 5.41) is 11.0. The number of nitrogens with zero attached hydrogens (tertiary/aromatic N) is 3. The van der Waals surface area contributed by atoms with Crippen LogP contribution < -0.4 is 9.80 Å². The van der Waals surface area contributed by atoms with E-state index in [0.29, 0.717) is 23.8 Å². The topological polar surface area (TPSA) is 81.2 Å². The van der Waals surface area contributed by atoms with E-state index in [4.69, 9.17) is 11.6 Å². The van der Waals surface area contributed by atoms with Crippen LogP contribution in [-0.4, -0.2) is 63.5 Å². The summed E-state index contributed by atoms with van der Waals surface area (Å²) in [6.45, 7) is 0.341. The van der Waals surface area contributed by atoms with Crippen LogP contribution in [0.5, 0.6) is 0 Å². The predicted octanol–water partition coefficient (Wildman–Crippen LogP) is 4.88. The molecule has 4 aliphatic rings. The molecule has 7 nitrogen and oxygen atoms in total. The van der Waals surface area contributed by atoms with E-state index in [1.807, 2.05) is 85.0 Å². The first kappa shape index (κ1) is 28.0. The molecule has 7 rings (SSSR count). The van der Waals surface area contributed by atoms with Crippen molar-refractivity contribution in [3.63, 3.8) is 0 Å². The Kier molecular flexibility index (Phi) is 7.16. The normalized spacial score (nSPS) is 28.8. The van der Waals surface area contributed by atoms with E-state index in [1.165, 1.54) is 11.8 Å². The number of carbonyl (C=O) groups is 3. The van der Waals surface area contributed by atoms with Crippen LogP contribution in [0.4, 0.5) is 11.4 Å². The molecule has 0 bridgehead atoms. The van der Waals surface area contributed by atoms with Gasteiger partial charge >= 0.3 is 0 Å². The number of rotatable bonds is 5. The maximum Gasteiger partial charge on any atom is 0.251 e. The van der Waals surface area contributed by atoms with Gasteiger partial charge in [-0.25, -0.2) is 0 Å². The monoisotopic (exact) mass is 611 g/mol. The number of aliphatic hydroxyl groups excluding tert-OH is 1. The van der Waals surface area contributed by atoms with Crippen LogP contribution in [0.1, 0.15) is 11.6 Å². The number of fused-ring (bicyclic) bond motifs is 2. The van der Waals surface area contributed by atoms with Crippen LogP contribution in [0.2, 0.25) is 5.02 Å². The van der Waals surface area contributed by atoms with Gasteiger partial charge in [0.1, 0.15) is 6.04 Å². The van der Waals surface area contributed by atoms with Gasteiger partial charge in [-0.3, -0.25) is 14.4 Å². The molecule has 0 saturated carbocycles. The van der Waals surface area contributed by atoms with Crippen molar-refractivity contribution in [2.45, 2.75) is 22.1 Å². The standard InChI is InChI=1S/C34H30ClN3O4S/c35-23-14-16-25(17-15-23)37-20-8-18-34-29(28-27(43-34)13-7-19-36(31(28)40)24-11-5-2-6-12-24)32(41)38(30(34)33(37)42)26(21-39)22-9-3-1-4-10-22/h1-18,26-30,39H,19-21H2/t26-,27+,28-,29+,30?,34+/m1/s1. The highest BCUT2D eigenvalue weighted by atomic mass is 35.5. The molecule has 2 fully saturated rings. The Morgan fingerprint density at radius 3 is 2.14 bits per heavy atom. The van der Waals surface area contributed by atoms with Crippen molar-refractivity contribution < 1.29 is 19.5 Å². The number of para-hydroxylation sites is 1. The summed E-state index contributed by atoms with van der Waals surface area (Å²) in [5.41, 5.74) is 2.16. The van der Waals surface area contributed by atoms with Gasteiger partial charge in [-0.1, -0.05) is 84.4 Å². The van der Waals surface area contributed by atoms with Gasteiger partial charge in [-0.15, -0.1) is 11.8 Å². The average molecular weight is 612 g/mol. The highest BCUT2D eigenvalue weighted by Gasteiger charge is 2.72. The number of anilines is 2. The third-order valence-electron chi connectivity index (χ3n) is 9.00. The highest BCUT2D eigenvalue weighted by Crippen LogP contribution is 2.62. The van der Waals surface area contributed by atoms with Gasteiger partial charge in [0.05, 0.1) is 29.2 Å². The summed E-state index contributed by atoms with van der Waals surface area (Å²) in [6, 6.07) is 24.1. The smallest absolute Gasteiger partial charge is 0.251 e. The summed E-state index contributed by atoms with van der Waals surface area (Å²) in [4.78, 5) is 48.9. The second kappa shape index (κ2) is 11.0. The van der Waals surface area contributed by atoms with Crippen LogP contribution in [0, 0.1) is 11.8 Å². The molecule has 218 valence electrons. The minimum absolute atomic E-state index is 0.135. The molecule has 3 amide bonds. The largest absolute Gasteiger partial charge is 0.394 e. The lowest BCUT2D eigenvalue weighted by atomic mass is 9.78. The predicted molar refractivity (Wildman–Crippen MR) is 169 cm³/mol. The van der Waals surface area contributed by atoms with Gasteiger partial charge in [-0.2, -0.15) is 0 Å². The Morgan fingerprint density at radius 2 is 1.44 bits per heavy atom. The molecule has 0 aromatic heterocycles. The Balaban J connectivity index is 1.37. The van der Waals surface area contributed by atoms with Gasteiger partial charge < -0.3 is 19.8 Å². The maximum atomic E-state index is 14.8. The van der Waals surface area contributed by atoms with Crippen molar-refractivity contribution in [1.82, 2.24) is 4.90 Å². The van der Waals surface area contributed by atoms with Gasteiger partial charge in [-0.05, 0) is 42.0 Å². The molecule has 1 spiro atoms. The Hall–Kier alpha value is -3.85. The quantitative estimate of drug-likeness (QED) is 0.416. The van der Waals surface area contributed by atoms with Crippen molar-refractivity contribution in [1.29, 1.82) is 0 Å². The zero-order valence-corrected chi connectivity index (χ0v) is 24.8. The molecule has 1 N–H and O–H groups in total. The Morgan fingerprint density at radius 1 is 0.814 bits per heavy atom. The van der Waals surface area contributed by atoms with Crippen molar-refractivity contribution in [2.75, 3.05) is 29.5 Å². The van der Waals surface area contributed by atoms with Crippen molar-refractivity contribution in [3.05, 3.63) is 120 Å². The minimum atomic E-state index is -1.01. The lowest BCUT2D eigenvalue weighted by molar-refractivity contribution is -0.141. The number of likely N-dealkylation sites (tertiary alicyclic amines) is 1. The number of benzene rings is 3. The van der Waals surface area contributed by atoms with Crippen molar-refractivity contribution in [2.24, 2.45) is 11.8 Å². The molecule has 6 atom stereocenters. The second-order valence-electron chi connectivity index (χ2n) is 11.2. The fraction of sp³-hybridized carbons (Fsp3) is 0.265. The van der Waals surface area contributed by atoms with Gasteiger partial charge in [0.15, 0.2) is 0 Å². The second-order valence-corrected chi connectivity index (χ2v) is 13.2. The number of aliphatic hydroxyl groups is 1. The molecule has 43 heavy (non-hydrogen) atoms. The first-order valence-corrected chi connectivity index (χ1v) is 15.6. The van der Waals surface area contributed by atoms with Crippen LogP contribution in [0.15, 0.2) is 109 Å². The summed E-state index contributed by atoms with van der Waals surface area (Å²) in [7, 11) is 0. The lowest BCUT2D eigenvalue weighted by Gasteiger charge is -2.38. The first-order chi connectivity index (χ1) is 20.9. The third kappa shape index (κ3) is 4.42. The minimum Gasteiger partial charge on any atom is -0.394 e. The zero-order chi connectivity index (χ0) is 29.7. The Bertz CT molecular complexity index is 1620. The van der Waals surface area contributed by atoms with E-state index < -0.39 is 28.7 Å². The fourth-order valence-corrected chi connectivity index (χ4v) is 9.25. The van der Waals surface area contributed by atoms with E-state index in [0.717, 1.165) is 11.3 Å². The molecule has 3 aromatic rings. The van der Waals surface area contributed by atoms with E-state index in [1.54, 1.807) is 39.0 Å². The molecular weight excluding hydrogens is 582 g/mol. The van der Waals surface area contributed by atoms with E-state index in [-0.39, 0.29) is 29.6 Å². The highest BCUT2D eigenvalue weighted by molar-refractivity contribution is 8.02. The van der Waals surface area contributed by atoms with Gasteiger partial charge in [0, 0.05) is 34.7 Å². The number of amides is 3. The summed E-state index contributed by atoms with van der Waals surface area (Å²) in [6.07, 6.45) is 7.94. The summed E-state index contributed by atoms with van der Waals surface area (Å²) in [5.74, 6) is -2.15.